The Morgan fingerprint density at radius 2 is 1.80 bits per heavy atom. The van der Waals surface area contributed by atoms with Gasteiger partial charge in [-0.3, -0.25) is 14.3 Å². The fourth-order valence-electron chi connectivity index (χ4n) is 3.52. The summed E-state index contributed by atoms with van der Waals surface area (Å²) in [7, 11) is 0. The quantitative estimate of drug-likeness (QED) is 0.503. The molecule has 0 aliphatic carbocycles. The number of rotatable bonds is 4. The molecule has 0 saturated heterocycles. The number of aromatic amines is 1. The Balaban J connectivity index is 2.07. The molecule has 0 amide bonds. The monoisotopic (exact) mass is 427 g/mol. The van der Waals surface area contributed by atoms with E-state index in [4.69, 9.17) is 11.6 Å². The van der Waals surface area contributed by atoms with Crippen LogP contribution >= 0.6 is 11.6 Å². The Labute approximate surface area is 175 Å². The number of halogens is 2. The third-order valence-electron chi connectivity index (χ3n) is 4.89. The smallest absolute Gasteiger partial charge is 0.314 e. The molecule has 1 aromatic carbocycles. The van der Waals surface area contributed by atoms with E-state index in [0.717, 1.165) is 5.56 Å². The summed E-state index contributed by atoms with van der Waals surface area (Å²) in [5.74, 6) is 0.125. The lowest BCUT2D eigenvalue weighted by atomic mass is 10.1. The molecule has 3 heterocycles. The van der Waals surface area contributed by atoms with Crippen LogP contribution in [0.5, 0.6) is 0 Å². The van der Waals surface area contributed by atoms with E-state index in [0.29, 0.717) is 22.2 Å². The molecule has 4 rings (SSSR count). The van der Waals surface area contributed by atoms with E-state index >= 15 is 0 Å². The Hall–Kier alpha value is -3.26. The molecule has 154 valence electrons. The molecule has 9 heteroatoms. The summed E-state index contributed by atoms with van der Waals surface area (Å²) in [5.41, 5.74) is 1.58. The first kappa shape index (κ1) is 20.0. The number of H-pyrrole nitrogens is 1. The highest BCUT2D eigenvalue weighted by Crippen LogP contribution is 2.27. The molecule has 4 aromatic rings. The number of nitrogens with zero attached hydrogens (tertiary/aromatic N) is 4. The van der Waals surface area contributed by atoms with E-state index in [1.807, 2.05) is 13.8 Å². The lowest BCUT2D eigenvalue weighted by Gasteiger charge is -2.11. The van der Waals surface area contributed by atoms with Crippen LogP contribution in [0.4, 0.5) is 4.39 Å². The van der Waals surface area contributed by atoms with Crippen LogP contribution < -0.4 is 11.2 Å². The molecule has 0 aliphatic heterocycles. The maximum atomic E-state index is 13.4. The van der Waals surface area contributed by atoms with Crippen molar-refractivity contribution in [2.24, 2.45) is 0 Å². The first-order valence-corrected chi connectivity index (χ1v) is 9.77. The van der Waals surface area contributed by atoms with Crippen LogP contribution in [0.15, 0.2) is 46.0 Å². The minimum atomic E-state index is -0.535. The van der Waals surface area contributed by atoms with E-state index in [9.17, 15) is 14.0 Å². The van der Waals surface area contributed by atoms with Gasteiger partial charge in [0.25, 0.3) is 5.56 Å². The van der Waals surface area contributed by atoms with Gasteiger partial charge in [-0.05, 0) is 50.6 Å². The maximum absolute atomic E-state index is 13.4. The third kappa shape index (κ3) is 3.43. The van der Waals surface area contributed by atoms with E-state index < -0.39 is 11.2 Å². The van der Waals surface area contributed by atoms with Gasteiger partial charge in [0, 0.05) is 23.8 Å². The van der Waals surface area contributed by atoms with Crippen LogP contribution in [-0.2, 0) is 6.54 Å². The number of pyridine rings is 1. The lowest BCUT2D eigenvalue weighted by Crippen LogP contribution is -2.32. The molecular weight excluding hydrogens is 409 g/mol. The minimum Gasteiger partial charge on any atom is -0.314 e. The molecule has 7 nitrogen and oxygen atoms in total. The SMILES string of the molecule is Cc1nc(Cl)ccc1-c1nc2c(c(=O)[nH]c(=O)n2C(C)C)n1Cc1ccc(F)cc1. The van der Waals surface area contributed by atoms with Crippen LogP contribution in [0.25, 0.3) is 22.6 Å². The van der Waals surface area contributed by atoms with Crippen molar-refractivity contribution in [3.8, 4) is 11.4 Å². The van der Waals surface area contributed by atoms with Gasteiger partial charge in [-0.15, -0.1) is 0 Å². The molecule has 0 aliphatic rings. The average molecular weight is 428 g/mol. The largest absolute Gasteiger partial charge is 0.330 e. The third-order valence-corrected chi connectivity index (χ3v) is 5.11. The van der Waals surface area contributed by atoms with E-state index in [1.165, 1.54) is 16.7 Å². The Morgan fingerprint density at radius 1 is 1.10 bits per heavy atom. The van der Waals surface area contributed by atoms with Gasteiger partial charge in [-0.2, -0.15) is 0 Å². The van der Waals surface area contributed by atoms with Crippen LogP contribution in [-0.4, -0.2) is 24.1 Å². The van der Waals surface area contributed by atoms with Crippen molar-refractivity contribution in [2.45, 2.75) is 33.4 Å². The van der Waals surface area contributed by atoms with Gasteiger partial charge >= 0.3 is 5.69 Å². The molecule has 0 bridgehead atoms. The molecule has 1 N–H and O–H groups in total. The number of fused-ring (bicyclic) bond motifs is 1. The van der Waals surface area contributed by atoms with Crippen molar-refractivity contribution >= 4 is 22.8 Å². The topological polar surface area (TPSA) is 85.6 Å². The lowest BCUT2D eigenvalue weighted by molar-refractivity contribution is 0.580. The Kier molecular flexibility index (Phi) is 5.03. The van der Waals surface area contributed by atoms with Gasteiger partial charge in [0.15, 0.2) is 11.2 Å². The molecule has 0 atom stereocenters. The first-order valence-electron chi connectivity index (χ1n) is 9.39. The van der Waals surface area contributed by atoms with Crippen LogP contribution in [0, 0.1) is 12.7 Å². The normalized spacial score (nSPS) is 11.5. The van der Waals surface area contributed by atoms with Crippen molar-refractivity contribution < 1.29 is 4.39 Å². The Morgan fingerprint density at radius 3 is 2.43 bits per heavy atom. The van der Waals surface area contributed by atoms with Gasteiger partial charge in [-0.1, -0.05) is 23.7 Å². The van der Waals surface area contributed by atoms with Gasteiger partial charge in [-0.25, -0.2) is 19.2 Å². The van der Waals surface area contributed by atoms with E-state index in [2.05, 4.69) is 15.0 Å². The molecule has 0 spiro atoms. The van der Waals surface area contributed by atoms with E-state index in [1.54, 1.807) is 35.8 Å². The number of aromatic nitrogens is 5. The van der Waals surface area contributed by atoms with Crippen molar-refractivity contribution in [3.05, 3.63) is 79.5 Å². The fourth-order valence-corrected chi connectivity index (χ4v) is 3.71. The second-order valence-corrected chi connectivity index (χ2v) is 7.70. The summed E-state index contributed by atoms with van der Waals surface area (Å²) in [6, 6.07) is 9.21. The molecule has 0 radical (unpaired) electrons. The number of hydrogen-bond donors (Lipinski definition) is 1. The number of imidazole rings is 1. The zero-order valence-electron chi connectivity index (χ0n) is 16.6. The number of benzene rings is 1. The second kappa shape index (κ2) is 7.53. The van der Waals surface area contributed by atoms with Crippen LogP contribution in [0.2, 0.25) is 5.15 Å². The molecule has 0 unspecified atom stereocenters. The molecule has 3 aromatic heterocycles. The predicted octanol–water partition coefficient (Wildman–Crippen LogP) is 3.68. The van der Waals surface area contributed by atoms with Crippen LogP contribution in [0.1, 0.15) is 31.1 Å². The first-order chi connectivity index (χ1) is 14.3. The summed E-state index contributed by atoms with van der Waals surface area (Å²) in [6.07, 6.45) is 0. The highest BCUT2D eigenvalue weighted by molar-refractivity contribution is 6.29. The molecule has 0 saturated carbocycles. The predicted molar refractivity (Wildman–Crippen MR) is 113 cm³/mol. The second-order valence-electron chi connectivity index (χ2n) is 7.31. The summed E-state index contributed by atoms with van der Waals surface area (Å²) >= 11 is 6.01. The van der Waals surface area contributed by atoms with Crippen molar-refractivity contribution in [2.75, 3.05) is 0 Å². The number of hydrogen-bond acceptors (Lipinski definition) is 4. The molecule has 30 heavy (non-hydrogen) atoms. The highest BCUT2D eigenvalue weighted by atomic mass is 35.5. The van der Waals surface area contributed by atoms with Gasteiger partial charge in [0.1, 0.15) is 16.8 Å². The zero-order chi connectivity index (χ0) is 21.6. The fraction of sp³-hybridized carbons (Fsp3) is 0.238. The van der Waals surface area contributed by atoms with E-state index in [-0.39, 0.29) is 29.6 Å². The zero-order valence-corrected chi connectivity index (χ0v) is 17.4. The van der Waals surface area contributed by atoms with Crippen molar-refractivity contribution in [3.63, 3.8) is 0 Å². The Bertz CT molecular complexity index is 1370. The maximum Gasteiger partial charge on any atom is 0.330 e. The average Bonchev–Trinajstić information content (AvgIpc) is 3.02. The summed E-state index contributed by atoms with van der Waals surface area (Å²) in [4.78, 5) is 36.6. The van der Waals surface area contributed by atoms with Crippen LogP contribution in [0.3, 0.4) is 0 Å². The summed E-state index contributed by atoms with van der Waals surface area (Å²) in [6.45, 7) is 5.73. The van der Waals surface area contributed by atoms with Crippen molar-refractivity contribution in [1.29, 1.82) is 0 Å². The molecular formula is C21H19ClFN5O2. The van der Waals surface area contributed by atoms with Gasteiger partial charge < -0.3 is 4.57 Å². The summed E-state index contributed by atoms with van der Waals surface area (Å²) in [5, 5.41) is 0.342. The number of nitrogens with one attached hydrogen (secondary N) is 1. The standard InChI is InChI=1S/C21H19ClFN5O2/c1-11(2)28-19-17(20(29)26-21(28)30)27(10-13-4-6-14(23)7-5-13)18(25-19)15-8-9-16(22)24-12(15)3/h4-9,11H,10H2,1-3H3,(H,26,29,30). The van der Waals surface area contributed by atoms with Gasteiger partial charge in [0.2, 0.25) is 0 Å². The van der Waals surface area contributed by atoms with Gasteiger partial charge in [0.05, 0.1) is 0 Å². The summed E-state index contributed by atoms with van der Waals surface area (Å²) < 4.78 is 16.5. The molecule has 0 fully saturated rings. The highest BCUT2D eigenvalue weighted by Gasteiger charge is 2.22. The van der Waals surface area contributed by atoms with Crippen molar-refractivity contribution in [1.82, 2.24) is 24.1 Å². The number of aryl methyl sites for hydroxylation is 1. The minimum absolute atomic E-state index is 0.219.